The van der Waals surface area contributed by atoms with E-state index in [2.05, 4.69) is 9.72 Å². The van der Waals surface area contributed by atoms with E-state index >= 15 is 0 Å². The lowest BCUT2D eigenvalue weighted by Gasteiger charge is -2.20. The molecule has 0 saturated heterocycles. The number of nitrogens with one attached hydrogen (secondary N) is 1. The number of carbonyl (C=O) groups is 1. The quantitative estimate of drug-likeness (QED) is 0.797. The van der Waals surface area contributed by atoms with Crippen molar-refractivity contribution < 1.29 is 14.3 Å². The molecule has 2 aromatic heterocycles. The van der Waals surface area contributed by atoms with Crippen molar-refractivity contribution in [2.75, 3.05) is 14.2 Å². The van der Waals surface area contributed by atoms with Crippen LogP contribution in [0.25, 0.3) is 5.65 Å². The molecule has 4 rings (SSSR count). The first-order valence-electron chi connectivity index (χ1n) is 8.16. The first-order chi connectivity index (χ1) is 12.2. The SMILES string of the molecule is COc1cccc(C2CC(=O)NCc3nc4ccccn4c32)c1OC. The van der Waals surface area contributed by atoms with Crippen LogP contribution in [0.5, 0.6) is 11.5 Å². The lowest BCUT2D eigenvalue weighted by Crippen LogP contribution is -2.21. The van der Waals surface area contributed by atoms with Crippen LogP contribution in [-0.2, 0) is 11.3 Å². The largest absolute Gasteiger partial charge is 0.493 e. The fourth-order valence-corrected chi connectivity index (χ4v) is 3.54. The fraction of sp³-hybridized carbons (Fsp3) is 0.263. The average molecular weight is 337 g/mol. The van der Waals surface area contributed by atoms with Gasteiger partial charge in [-0.15, -0.1) is 0 Å². The molecular weight excluding hydrogens is 318 g/mol. The van der Waals surface area contributed by atoms with Gasteiger partial charge in [-0.3, -0.25) is 4.79 Å². The normalized spacial score (nSPS) is 16.9. The van der Waals surface area contributed by atoms with Crippen molar-refractivity contribution in [3.63, 3.8) is 0 Å². The summed E-state index contributed by atoms with van der Waals surface area (Å²) in [5, 5.41) is 2.94. The molecule has 0 saturated carbocycles. The Labute approximate surface area is 145 Å². The monoisotopic (exact) mass is 337 g/mol. The third kappa shape index (κ3) is 2.50. The van der Waals surface area contributed by atoms with Crippen molar-refractivity contribution in [2.24, 2.45) is 0 Å². The zero-order valence-corrected chi connectivity index (χ0v) is 14.2. The third-order valence-corrected chi connectivity index (χ3v) is 4.62. The van der Waals surface area contributed by atoms with Crippen LogP contribution >= 0.6 is 0 Å². The highest BCUT2D eigenvalue weighted by Crippen LogP contribution is 2.41. The second-order valence-electron chi connectivity index (χ2n) is 5.99. The summed E-state index contributed by atoms with van der Waals surface area (Å²) in [7, 11) is 3.23. The minimum atomic E-state index is -0.167. The molecule has 3 heterocycles. The van der Waals surface area contributed by atoms with Crippen molar-refractivity contribution >= 4 is 11.6 Å². The van der Waals surface area contributed by atoms with Gasteiger partial charge in [0.25, 0.3) is 0 Å². The molecule has 1 N–H and O–H groups in total. The third-order valence-electron chi connectivity index (χ3n) is 4.62. The van der Waals surface area contributed by atoms with Gasteiger partial charge in [0.15, 0.2) is 11.5 Å². The van der Waals surface area contributed by atoms with E-state index in [0.717, 1.165) is 22.6 Å². The number of para-hydroxylation sites is 1. The van der Waals surface area contributed by atoms with Crippen LogP contribution in [0, 0.1) is 0 Å². The number of pyridine rings is 1. The Morgan fingerprint density at radius 3 is 2.84 bits per heavy atom. The topological polar surface area (TPSA) is 64.9 Å². The summed E-state index contributed by atoms with van der Waals surface area (Å²) < 4.78 is 13.1. The van der Waals surface area contributed by atoms with Gasteiger partial charge >= 0.3 is 0 Å². The van der Waals surface area contributed by atoms with Gasteiger partial charge in [0.05, 0.1) is 32.2 Å². The number of methoxy groups -OCH3 is 2. The van der Waals surface area contributed by atoms with Crippen molar-refractivity contribution in [3.05, 3.63) is 59.5 Å². The maximum Gasteiger partial charge on any atom is 0.221 e. The first kappa shape index (κ1) is 15.5. The van der Waals surface area contributed by atoms with Gasteiger partial charge in [-0.1, -0.05) is 18.2 Å². The molecule has 25 heavy (non-hydrogen) atoms. The number of aromatic nitrogens is 2. The Morgan fingerprint density at radius 1 is 1.16 bits per heavy atom. The zero-order chi connectivity index (χ0) is 17.4. The predicted octanol–water partition coefficient (Wildman–Crippen LogP) is 2.50. The number of rotatable bonds is 3. The number of hydrogen-bond donors (Lipinski definition) is 1. The van der Waals surface area contributed by atoms with Crippen LogP contribution in [0.4, 0.5) is 0 Å². The molecule has 1 amide bonds. The van der Waals surface area contributed by atoms with Gasteiger partial charge in [-0.25, -0.2) is 4.98 Å². The number of fused-ring (bicyclic) bond motifs is 3. The van der Waals surface area contributed by atoms with Gasteiger partial charge < -0.3 is 19.2 Å². The van der Waals surface area contributed by atoms with Crippen molar-refractivity contribution in [3.8, 4) is 11.5 Å². The highest BCUT2D eigenvalue weighted by Gasteiger charge is 2.31. The summed E-state index contributed by atoms with van der Waals surface area (Å²) in [5.74, 6) is 1.14. The number of carbonyl (C=O) groups excluding carboxylic acids is 1. The van der Waals surface area contributed by atoms with Crippen molar-refractivity contribution in [1.82, 2.24) is 14.7 Å². The lowest BCUT2D eigenvalue weighted by molar-refractivity contribution is -0.121. The van der Waals surface area contributed by atoms with Crippen LogP contribution < -0.4 is 14.8 Å². The molecule has 128 valence electrons. The minimum absolute atomic E-state index is 0.00226. The summed E-state index contributed by atoms with van der Waals surface area (Å²) in [5.41, 5.74) is 3.69. The summed E-state index contributed by atoms with van der Waals surface area (Å²) >= 11 is 0. The Hall–Kier alpha value is -3.02. The van der Waals surface area contributed by atoms with E-state index in [1.54, 1.807) is 14.2 Å². The summed E-state index contributed by atoms with van der Waals surface area (Å²) in [6, 6.07) is 11.7. The Bertz CT molecular complexity index is 948. The molecule has 1 atom stereocenters. The van der Waals surface area contributed by atoms with E-state index in [1.165, 1.54) is 0 Å². The van der Waals surface area contributed by atoms with Crippen LogP contribution in [0.15, 0.2) is 42.6 Å². The summed E-state index contributed by atoms with van der Waals surface area (Å²) in [6.07, 6.45) is 2.32. The molecule has 0 bridgehead atoms. The van der Waals surface area contributed by atoms with Gasteiger partial charge in [-0.2, -0.15) is 0 Å². The Balaban J connectivity index is 1.97. The molecular formula is C19H19N3O3. The number of nitrogens with zero attached hydrogens (tertiary/aromatic N) is 2. The Kier molecular flexibility index (Phi) is 3.80. The van der Waals surface area contributed by atoms with Crippen molar-refractivity contribution in [2.45, 2.75) is 18.9 Å². The molecule has 1 aliphatic heterocycles. The van der Waals surface area contributed by atoms with E-state index in [9.17, 15) is 4.79 Å². The van der Waals surface area contributed by atoms with E-state index < -0.39 is 0 Å². The zero-order valence-electron chi connectivity index (χ0n) is 14.2. The van der Waals surface area contributed by atoms with E-state index in [1.807, 2.05) is 42.6 Å². The van der Waals surface area contributed by atoms with E-state index in [4.69, 9.17) is 14.5 Å². The molecule has 3 aromatic rings. The predicted molar refractivity (Wildman–Crippen MR) is 93.0 cm³/mol. The molecule has 0 spiro atoms. The van der Waals surface area contributed by atoms with Crippen LogP contribution in [-0.4, -0.2) is 29.5 Å². The number of ether oxygens (including phenoxy) is 2. The maximum atomic E-state index is 12.3. The fourth-order valence-electron chi connectivity index (χ4n) is 3.54. The van der Waals surface area contributed by atoms with E-state index in [-0.39, 0.29) is 11.8 Å². The second-order valence-corrected chi connectivity index (χ2v) is 5.99. The Morgan fingerprint density at radius 2 is 2.04 bits per heavy atom. The number of amides is 1. The smallest absolute Gasteiger partial charge is 0.221 e. The molecule has 0 radical (unpaired) electrons. The standard InChI is InChI=1S/C19H19N3O3/c1-24-15-7-5-6-12(19(15)25-2)13-10-17(23)20-11-14-18(13)22-9-4-3-8-16(22)21-14/h3-9,13H,10-11H2,1-2H3,(H,20,23). The lowest BCUT2D eigenvalue weighted by atomic mass is 9.90. The molecule has 1 aromatic carbocycles. The molecule has 0 fully saturated rings. The highest BCUT2D eigenvalue weighted by atomic mass is 16.5. The number of benzene rings is 1. The molecule has 0 aliphatic carbocycles. The number of hydrogen-bond acceptors (Lipinski definition) is 4. The highest BCUT2D eigenvalue weighted by molar-refractivity contribution is 5.79. The maximum absolute atomic E-state index is 12.3. The van der Waals surface area contributed by atoms with Crippen LogP contribution in [0.1, 0.15) is 29.3 Å². The molecule has 1 aliphatic rings. The van der Waals surface area contributed by atoms with Crippen molar-refractivity contribution in [1.29, 1.82) is 0 Å². The summed E-state index contributed by atoms with van der Waals surface area (Å²) in [4.78, 5) is 17.0. The van der Waals surface area contributed by atoms with Crippen LogP contribution in [0.3, 0.4) is 0 Å². The minimum Gasteiger partial charge on any atom is -0.493 e. The molecule has 1 unspecified atom stereocenters. The van der Waals surface area contributed by atoms with Gasteiger partial charge in [0, 0.05) is 24.1 Å². The summed E-state index contributed by atoms with van der Waals surface area (Å²) in [6.45, 7) is 0.429. The number of imidazole rings is 1. The second kappa shape index (κ2) is 6.12. The average Bonchev–Trinajstić information content (AvgIpc) is 2.93. The molecule has 6 heteroatoms. The van der Waals surface area contributed by atoms with Gasteiger partial charge in [0.2, 0.25) is 5.91 Å². The van der Waals surface area contributed by atoms with Crippen LogP contribution in [0.2, 0.25) is 0 Å². The van der Waals surface area contributed by atoms with Gasteiger partial charge in [0.1, 0.15) is 5.65 Å². The van der Waals surface area contributed by atoms with Gasteiger partial charge in [-0.05, 0) is 18.2 Å². The molecule has 6 nitrogen and oxygen atoms in total. The van der Waals surface area contributed by atoms with E-state index in [0.29, 0.717) is 24.5 Å². The first-order valence-corrected chi connectivity index (χ1v) is 8.16.